The second-order valence-corrected chi connectivity index (χ2v) is 8.30. The molecule has 1 aliphatic rings. The third-order valence-corrected chi connectivity index (χ3v) is 5.80. The molecular weight excluding hydrogens is 423 g/mol. The van der Waals surface area contributed by atoms with Gasteiger partial charge in [0, 0.05) is 30.5 Å². The number of hydrogen-bond donors (Lipinski definition) is 0. The van der Waals surface area contributed by atoms with Gasteiger partial charge in [-0.25, -0.2) is 14.1 Å². The third-order valence-electron chi connectivity index (χ3n) is 5.80. The molecule has 4 aromatic rings. The summed E-state index contributed by atoms with van der Waals surface area (Å²) in [5, 5.41) is 8.44. The first kappa shape index (κ1) is 21.0. The molecule has 1 atom stereocenters. The Morgan fingerprint density at radius 3 is 2.79 bits per heavy atom. The highest BCUT2D eigenvalue weighted by atomic mass is 19.1. The average Bonchev–Trinajstić information content (AvgIpc) is 3.45. The van der Waals surface area contributed by atoms with Crippen LogP contribution >= 0.6 is 0 Å². The average molecular weight is 446 g/mol. The van der Waals surface area contributed by atoms with Crippen LogP contribution in [0.2, 0.25) is 0 Å². The van der Waals surface area contributed by atoms with Crippen molar-refractivity contribution in [2.75, 3.05) is 13.1 Å². The number of benzene rings is 1. The summed E-state index contributed by atoms with van der Waals surface area (Å²) in [4.78, 5) is 23.8. The molecule has 5 rings (SSSR count). The molecule has 0 bridgehead atoms. The van der Waals surface area contributed by atoms with Crippen LogP contribution in [0, 0.1) is 19.7 Å². The van der Waals surface area contributed by atoms with Crippen molar-refractivity contribution in [1.82, 2.24) is 29.8 Å². The zero-order chi connectivity index (χ0) is 22.9. The quantitative estimate of drug-likeness (QED) is 0.469. The lowest BCUT2D eigenvalue weighted by Gasteiger charge is -2.31. The smallest absolute Gasteiger partial charge is 0.255 e. The third kappa shape index (κ3) is 4.26. The minimum Gasteiger partial charge on any atom is -0.339 e. The molecule has 1 fully saturated rings. The zero-order valence-electron chi connectivity index (χ0n) is 18.4. The van der Waals surface area contributed by atoms with E-state index in [9.17, 15) is 9.18 Å². The summed E-state index contributed by atoms with van der Waals surface area (Å²) in [6, 6.07) is 11.6. The van der Waals surface area contributed by atoms with Crippen molar-refractivity contribution in [3.8, 4) is 17.2 Å². The molecule has 1 aliphatic heterocycles. The molecule has 168 valence electrons. The molecule has 0 N–H and O–H groups in total. The van der Waals surface area contributed by atoms with Crippen molar-refractivity contribution in [3.05, 3.63) is 77.3 Å². The maximum absolute atomic E-state index is 13.5. The Bertz CT molecular complexity index is 1300. The number of carbonyl (C=O) groups is 1. The molecule has 1 aromatic carbocycles. The van der Waals surface area contributed by atoms with E-state index in [0.717, 1.165) is 24.2 Å². The predicted molar refractivity (Wildman–Crippen MR) is 118 cm³/mol. The van der Waals surface area contributed by atoms with Gasteiger partial charge < -0.3 is 9.42 Å². The molecule has 8 nitrogen and oxygen atoms in total. The molecular formula is C24H23FN6O2. The topological polar surface area (TPSA) is 89.9 Å². The standard InChI is InChI=1S/C24H23FN6O2/c1-15-11-16(2)31(28-15)21-9-8-18(13-26-21)24(32)30-10-4-6-19(14-30)23-27-22(29-33-23)17-5-3-7-20(25)12-17/h3,5,7-9,11-13,19H,4,6,10,14H2,1-2H3. The van der Waals surface area contributed by atoms with E-state index in [1.165, 1.54) is 12.1 Å². The second-order valence-electron chi connectivity index (χ2n) is 8.30. The van der Waals surface area contributed by atoms with Gasteiger partial charge in [0.15, 0.2) is 5.82 Å². The van der Waals surface area contributed by atoms with Gasteiger partial charge in [-0.05, 0) is 57.0 Å². The first-order valence-electron chi connectivity index (χ1n) is 10.9. The van der Waals surface area contributed by atoms with Crippen LogP contribution in [0.3, 0.4) is 0 Å². The molecule has 0 radical (unpaired) electrons. The number of aromatic nitrogens is 5. The Morgan fingerprint density at radius 1 is 1.18 bits per heavy atom. The molecule has 1 unspecified atom stereocenters. The highest BCUT2D eigenvalue weighted by molar-refractivity contribution is 5.94. The van der Waals surface area contributed by atoms with Gasteiger partial charge in [-0.3, -0.25) is 4.79 Å². The monoisotopic (exact) mass is 446 g/mol. The number of halogens is 1. The molecule has 1 amide bonds. The van der Waals surface area contributed by atoms with Crippen LogP contribution in [0.25, 0.3) is 17.2 Å². The van der Waals surface area contributed by atoms with E-state index in [-0.39, 0.29) is 17.6 Å². The summed E-state index contributed by atoms with van der Waals surface area (Å²) in [5.74, 6) is 0.966. The number of pyridine rings is 1. The van der Waals surface area contributed by atoms with Gasteiger partial charge in [0.1, 0.15) is 5.82 Å². The largest absolute Gasteiger partial charge is 0.339 e. The Morgan fingerprint density at radius 2 is 2.06 bits per heavy atom. The van der Waals surface area contributed by atoms with Crippen molar-refractivity contribution in [2.24, 2.45) is 0 Å². The summed E-state index contributed by atoms with van der Waals surface area (Å²) >= 11 is 0. The molecule has 33 heavy (non-hydrogen) atoms. The van der Waals surface area contributed by atoms with E-state index in [1.807, 2.05) is 19.9 Å². The van der Waals surface area contributed by atoms with Gasteiger partial charge in [0.25, 0.3) is 5.91 Å². The van der Waals surface area contributed by atoms with Crippen molar-refractivity contribution in [2.45, 2.75) is 32.6 Å². The fourth-order valence-electron chi connectivity index (χ4n) is 4.19. The number of nitrogens with zero attached hydrogens (tertiary/aromatic N) is 6. The Labute approximate surface area is 190 Å². The first-order chi connectivity index (χ1) is 16.0. The van der Waals surface area contributed by atoms with E-state index in [1.54, 1.807) is 40.0 Å². The maximum Gasteiger partial charge on any atom is 0.255 e. The van der Waals surface area contributed by atoms with Crippen molar-refractivity contribution in [1.29, 1.82) is 0 Å². The van der Waals surface area contributed by atoms with E-state index >= 15 is 0 Å². The number of rotatable bonds is 4. The highest BCUT2D eigenvalue weighted by Gasteiger charge is 2.29. The van der Waals surface area contributed by atoms with Crippen molar-refractivity contribution >= 4 is 5.91 Å². The molecule has 0 spiro atoms. The number of hydrogen-bond acceptors (Lipinski definition) is 6. The summed E-state index contributed by atoms with van der Waals surface area (Å²) in [6.45, 7) is 5.02. The van der Waals surface area contributed by atoms with Crippen LogP contribution < -0.4 is 0 Å². The Hall–Kier alpha value is -3.88. The molecule has 4 heterocycles. The minimum atomic E-state index is -0.356. The normalized spacial score (nSPS) is 16.2. The van der Waals surface area contributed by atoms with E-state index in [4.69, 9.17) is 4.52 Å². The summed E-state index contributed by atoms with van der Waals surface area (Å²) < 4.78 is 20.7. The molecule has 3 aromatic heterocycles. The summed E-state index contributed by atoms with van der Waals surface area (Å²) in [5.41, 5.74) is 2.97. The van der Waals surface area contributed by atoms with Gasteiger partial charge in [0.2, 0.25) is 11.7 Å². The number of aryl methyl sites for hydroxylation is 2. The van der Waals surface area contributed by atoms with Crippen molar-refractivity contribution < 1.29 is 13.7 Å². The number of likely N-dealkylation sites (tertiary alicyclic amines) is 1. The second kappa shape index (κ2) is 8.57. The van der Waals surface area contributed by atoms with Crippen molar-refractivity contribution in [3.63, 3.8) is 0 Å². The lowest BCUT2D eigenvalue weighted by molar-refractivity contribution is 0.0695. The number of piperidine rings is 1. The first-order valence-corrected chi connectivity index (χ1v) is 10.9. The highest BCUT2D eigenvalue weighted by Crippen LogP contribution is 2.28. The Kier molecular flexibility index (Phi) is 5.45. The summed E-state index contributed by atoms with van der Waals surface area (Å²) in [7, 11) is 0. The van der Waals surface area contributed by atoms with Crippen LogP contribution in [-0.2, 0) is 0 Å². The van der Waals surface area contributed by atoms with Crippen LogP contribution in [0.15, 0.2) is 53.2 Å². The fraction of sp³-hybridized carbons (Fsp3) is 0.292. The van der Waals surface area contributed by atoms with E-state index in [2.05, 4.69) is 20.2 Å². The number of amides is 1. The van der Waals surface area contributed by atoms with Crippen LogP contribution in [0.4, 0.5) is 4.39 Å². The van der Waals surface area contributed by atoms with Gasteiger partial charge in [-0.1, -0.05) is 17.3 Å². The lowest BCUT2D eigenvalue weighted by atomic mass is 9.97. The van der Waals surface area contributed by atoms with Crippen LogP contribution in [-0.4, -0.2) is 48.8 Å². The fourth-order valence-corrected chi connectivity index (χ4v) is 4.19. The van der Waals surface area contributed by atoms with Crippen LogP contribution in [0.1, 0.15) is 46.4 Å². The molecule has 0 aliphatic carbocycles. The minimum absolute atomic E-state index is 0.0700. The SMILES string of the molecule is Cc1cc(C)n(-c2ccc(C(=O)N3CCCC(c4nc(-c5cccc(F)c5)no4)C3)cn2)n1. The summed E-state index contributed by atoms with van der Waals surface area (Å²) in [6.07, 6.45) is 3.25. The molecule has 1 saturated heterocycles. The van der Waals surface area contributed by atoms with E-state index in [0.29, 0.717) is 41.7 Å². The zero-order valence-corrected chi connectivity index (χ0v) is 18.4. The van der Waals surface area contributed by atoms with Gasteiger partial charge in [-0.15, -0.1) is 0 Å². The predicted octanol–water partition coefficient (Wildman–Crippen LogP) is 4.09. The maximum atomic E-state index is 13.5. The van der Waals surface area contributed by atoms with E-state index < -0.39 is 0 Å². The van der Waals surface area contributed by atoms with Gasteiger partial charge in [0.05, 0.1) is 17.2 Å². The number of carbonyl (C=O) groups excluding carboxylic acids is 1. The molecule has 0 saturated carbocycles. The lowest BCUT2D eigenvalue weighted by Crippen LogP contribution is -2.39. The molecule has 9 heteroatoms. The van der Waals surface area contributed by atoms with Gasteiger partial charge in [-0.2, -0.15) is 10.1 Å². The Balaban J connectivity index is 1.30. The van der Waals surface area contributed by atoms with Gasteiger partial charge >= 0.3 is 0 Å². The van der Waals surface area contributed by atoms with Crippen LogP contribution in [0.5, 0.6) is 0 Å².